The molecule has 0 atom stereocenters. The van der Waals surface area contributed by atoms with Gasteiger partial charge in [-0.25, -0.2) is 8.42 Å². The number of nitrogen functional groups attached to an aromatic ring is 1. The number of hydrogen-bond acceptors (Lipinski definition) is 3. The predicted molar refractivity (Wildman–Crippen MR) is 85.6 cm³/mol. The van der Waals surface area contributed by atoms with Crippen molar-refractivity contribution in [2.75, 3.05) is 10.5 Å². The number of anilines is 2. The SMILES string of the molecule is Cc1ccc(Cl)c(NS(=O)(=O)c2ccc(N)cc2Br)c1. The van der Waals surface area contributed by atoms with Crippen LogP contribution in [0.5, 0.6) is 0 Å². The maximum absolute atomic E-state index is 12.4. The van der Waals surface area contributed by atoms with E-state index in [0.29, 0.717) is 20.9 Å². The molecule has 2 aromatic carbocycles. The van der Waals surface area contributed by atoms with Crippen molar-refractivity contribution >= 4 is 48.9 Å². The number of halogens is 2. The minimum atomic E-state index is -3.74. The van der Waals surface area contributed by atoms with Gasteiger partial charge in [0.2, 0.25) is 0 Å². The molecule has 0 heterocycles. The van der Waals surface area contributed by atoms with E-state index >= 15 is 0 Å². The Bertz CT molecular complexity index is 763. The molecule has 7 heteroatoms. The van der Waals surface area contributed by atoms with Crippen LogP contribution in [0, 0.1) is 6.92 Å². The molecule has 0 spiro atoms. The average Bonchev–Trinajstić information content (AvgIpc) is 2.33. The third kappa shape index (κ3) is 3.26. The smallest absolute Gasteiger partial charge is 0.263 e. The highest BCUT2D eigenvalue weighted by molar-refractivity contribution is 9.10. The Morgan fingerprint density at radius 1 is 1.20 bits per heavy atom. The van der Waals surface area contributed by atoms with Gasteiger partial charge >= 0.3 is 0 Å². The van der Waals surface area contributed by atoms with Crippen molar-refractivity contribution < 1.29 is 8.42 Å². The molecule has 2 aromatic rings. The van der Waals surface area contributed by atoms with Crippen LogP contribution in [-0.2, 0) is 10.0 Å². The van der Waals surface area contributed by atoms with Crippen molar-refractivity contribution in [2.24, 2.45) is 0 Å². The van der Waals surface area contributed by atoms with E-state index in [0.717, 1.165) is 5.56 Å². The maximum atomic E-state index is 12.4. The number of nitrogens with two attached hydrogens (primary N) is 1. The van der Waals surface area contributed by atoms with Crippen molar-refractivity contribution in [3.8, 4) is 0 Å². The molecule has 2 rings (SSSR count). The second-order valence-corrected chi connectivity index (χ2v) is 7.19. The van der Waals surface area contributed by atoms with E-state index in [-0.39, 0.29) is 4.90 Å². The van der Waals surface area contributed by atoms with Crippen LogP contribution in [0.25, 0.3) is 0 Å². The van der Waals surface area contributed by atoms with Crippen molar-refractivity contribution in [1.29, 1.82) is 0 Å². The summed E-state index contributed by atoms with van der Waals surface area (Å²) in [5, 5.41) is 0.339. The first-order valence-electron chi connectivity index (χ1n) is 5.63. The number of aryl methyl sites for hydroxylation is 1. The first-order valence-corrected chi connectivity index (χ1v) is 8.29. The fourth-order valence-electron chi connectivity index (χ4n) is 1.65. The van der Waals surface area contributed by atoms with Crippen LogP contribution in [0.1, 0.15) is 5.56 Å². The molecule has 0 saturated heterocycles. The van der Waals surface area contributed by atoms with E-state index < -0.39 is 10.0 Å². The molecular formula is C13H12BrClN2O2S. The summed E-state index contributed by atoms with van der Waals surface area (Å²) < 4.78 is 27.6. The number of sulfonamides is 1. The highest BCUT2D eigenvalue weighted by Crippen LogP contribution is 2.29. The van der Waals surface area contributed by atoms with E-state index in [1.807, 2.05) is 6.92 Å². The van der Waals surface area contributed by atoms with Crippen LogP contribution >= 0.6 is 27.5 Å². The minimum Gasteiger partial charge on any atom is -0.399 e. The summed E-state index contributed by atoms with van der Waals surface area (Å²) in [5.74, 6) is 0. The zero-order valence-electron chi connectivity index (χ0n) is 10.5. The standard InChI is InChI=1S/C13H12BrClN2O2S/c1-8-2-4-11(15)12(6-8)17-20(18,19)13-5-3-9(16)7-10(13)14/h2-7,17H,16H2,1H3. The lowest BCUT2D eigenvalue weighted by atomic mass is 10.2. The molecule has 0 bridgehead atoms. The van der Waals surface area contributed by atoms with Crippen LogP contribution < -0.4 is 10.5 Å². The van der Waals surface area contributed by atoms with Gasteiger partial charge in [0.25, 0.3) is 10.0 Å². The average molecular weight is 376 g/mol. The Morgan fingerprint density at radius 2 is 1.90 bits per heavy atom. The Hall–Kier alpha value is -1.24. The summed E-state index contributed by atoms with van der Waals surface area (Å²) in [6.07, 6.45) is 0. The zero-order valence-corrected chi connectivity index (χ0v) is 13.7. The molecular weight excluding hydrogens is 364 g/mol. The van der Waals surface area contributed by atoms with E-state index in [1.54, 1.807) is 18.2 Å². The Kier molecular flexibility index (Phi) is 4.27. The summed E-state index contributed by atoms with van der Waals surface area (Å²) in [7, 11) is -3.74. The van der Waals surface area contributed by atoms with Crippen LogP contribution in [0.4, 0.5) is 11.4 Å². The van der Waals surface area contributed by atoms with Crippen molar-refractivity contribution in [2.45, 2.75) is 11.8 Å². The third-order valence-corrected chi connectivity index (χ3v) is 5.28. The van der Waals surface area contributed by atoms with Crippen LogP contribution in [0.15, 0.2) is 45.8 Å². The topological polar surface area (TPSA) is 72.2 Å². The second kappa shape index (κ2) is 5.63. The molecule has 0 saturated carbocycles. The van der Waals surface area contributed by atoms with Gasteiger partial charge in [0.1, 0.15) is 4.90 Å². The van der Waals surface area contributed by atoms with Gasteiger partial charge in [-0.05, 0) is 58.7 Å². The molecule has 0 aliphatic carbocycles. The van der Waals surface area contributed by atoms with Gasteiger partial charge in [-0.1, -0.05) is 17.7 Å². The molecule has 3 N–H and O–H groups in total. The Labute approximate surface area is 131 Å². The third-order valence-electron chi connectivity index (χ3n) is 2.61. The van der Waals surface area contributed by atoms with Crippen molar-refractivity contribution in [3.05, 3.63) is 51.5 Å². The lowest BCUT2D eigenvalue weighted by Crippen LogP contribution is -2.14. The van der Waals surface area contributed by atoms with Gasteiger partial charge in [0.05, 0.1) is 10.7 Å². The molecule has 0 fully saturated rings. The molecule has 0 aromatic heterocycles. The molecule has 20 heavy (non-hydrogen) atoms. The summed E-state index contributed by atoms with van der Waals surface area (Å²) in [4.78, 5) is 0.101. The van der Waals surface area contributed by atoms with E-state index in [9.17, 15) is 8.42 Å². The molecule has 4 nitrogen and oxygen atoms in total. The largest absolute Gasteiger partial charge is 0.399 e. The summed E-state index contributed by atoms with van der Waals surface area (Å²) >= 11 is 9.19. The minimum absolute atomic E-state index is 0.101. The summed E-state index contributed by atoms with van der Waals surface area (Å²) in [6, 6.07) is 9.62. The summed E-state index contributed by atoms with van der Waals surface area (Å²) in [5.41, 5.74) is 7.33. The van der Waals surface area contributed by atoms with E-state index in [1.165, 1.54) is 18.2 Å². The molecule has 0 amide bonds. The first-order chi connectivity index (χ1) is 9.29. The van der Waals surface area contributed by atoms with Gasteiger partial charge < -0.3 is 5.73 Å². The molecule has 0 unspecified atom stereocenters. The highest BCUT2D eigenvalue weighted by Gasteiger charge is 2.19. The number of rotatable bonds is 3. The first kappa shape index (κ1) is 15.2. The van der Waals surface area contributed by atoms with Crippen molar-refractivity contribution in [3.63, 3.8) is 0 Å². The lowest BCUT2D eigenvalue weighted by Gasteiger charge is -2.12. The van der Waals surface area contributed by atoms with Gasteiger partial charge in [-0.15, -0.1) is 0 Å². The zero-order chi connectivity index (χ0) is 14.9. The van der Waals surface area contributed by atoms with Gasteiger partial charge in [0, 0.05) is 10.2 Å². The predicted octanol–water partition coefficient (Wildman–Crippen LogP) is 3.79. The molecule has 0 radical (unpaired) electrons. The number of hydrogen-bond donors (Lipinski definition) is 2. The van der Waals surface area contributed by atoms with E-state index in [4.69, 9.17) is 17.3 Å². The van der Waals surface area contributed by atoms with Crippen LogP contribution in [0.3, 0.4) is 0 Å². The fourth-order valence-corrected chi connectivity index (χ4v) is 4.04. The Balaban J connectivity index is 2.43. The Morgan fingerprint density at radius 3 is 2.55 bits per heavy atom. The quantitative estimate of drug-likeness (QED) is 0.802. The normalized spacial score (nSPS) is 11.3. The fraction of sp³-hybridized carbons (Fsp3) is 0.0769. The number of benzene rings is 2. The van der Waals surface area contributed by atoms with Crippen molar-refractivity contribution in [1.82, 2.24) is 0 Å². The monoisotopic (exact) mass is 374 g/mol. The molecule has 106 valence electrons. The lowest BCUT2D eigenvalue weighted by molar-refractivity contribution is 0.601. The maximum Gasteiger partial charge on any atom is 0.263 e. The molecule has 0 aliphatic heterocycles. The van der Waals surface area contributed by atoms with E-state index in [2.05, 4.69) is 20.7 Å². The van der Waals surface area contributed by atoms with Gasteiger partial charge in [0.15, 0.2) is 0 Å². The highest BCUT2D eigenvalue weighted by atomic mass is 79.9. The van der Waals surface area contributed by atoms with Gasteiger partial charge in [-0.2, -0.15) is 0 Å². The molecule has 0 aliphatic rings. The van der Waals surface area contributed by atoms with Crippen LogP contribution in [0.2, 0.25) is 5.02 Å². The number of nitrogens with one attached hydrogen (secondary N) is 1. The van der Waals surface area contributed by atoms with Gasteiger partial charge in [-0.3, -0.25) is 4.72 Å². The van der Waals surface area contributed by atoms with Crippen LogP contribution in [-0.4, -0.2) is 8.42 Å². The second-order valence-electron chi connectivity index (χ2n) is 4.28. The summed E-state index contributed by atoms with van der Waals surface area (Å²) in [6.45, 7) is 1.85.